The second kappa shape index (κ2) is 40.2. The number of hydrogen-bond donors (Lipinski definition) is 7. The fourth-order valence-electron chi connectivity index (χ4n) is 7.54. The molecule has 0 aromatic carbocycles. The number of aliphatic hydroxyl groups excluding tert-OH is 7. The van der Waals surface area contributed by atoms with Crippen molar-refractivity contribution >= 4 is 5.97 Å². The van der Waals surface area contributed by atoms with E-state index in [-0.39, 0.29) is 19.6 Å². The highest BCUT2D eigenvalue weighted by Gasteiger charge is 2.47. The highest BCUT2D eigenvalue weighted by atomic mass is 16.7. The fourth-order valence-corrected chi connectivity index (χ4v) is 7.54. The van der Waals surface area contributed by atoms with Crippen LogP contribution in [-0.4, -0.2) is 142 Å². The van der Waals surface area contributed by atoms with Crippen LogP contribution in [0.3, 0.4) is 0 Å². The molecule has 0 amide bonds. The lowest BCUT2D eigenvalue weighted by molar-refractivity contribution is -0.332. The standard InChI is InChI=1S/C53H90O14/c1-3-5-7-9-11-13-15-17-18-19-20-21-22-23-25-27-29-31-33-35-37-62-39-42(65-45(55)36-34-32-30-28-26-24-16-14-12-10-8-6-4-2)40-63-52-51(61)49(59)47(57)44(67-52)41-64-53-50(60)48(58)46(56)43(38-54)66-53/h5,7,11,13-14,16-18,20-21,23,25,42-44,46-54,56-61H,3-4,6,8-10,12,15,19,22,24,26-41H2,1-2H3/b7-5-,13-11-,16-14-,18-17-,21-20-,25-23-. The lowest BCUT2D eigenvalue weighted by Gasteiger charge is -2.42. The van der Waals surface area contributed by atoms with E-state index in [1.54, 1.807) is 0 Å². The number of allylic oxidation sites excluding steroid dienone is 12. The third-order valence-electron chi connectivity index (χ3n) is 11.7. The third-order valence-corrected chi connectivity index (χ3v) is 11.7. The number of ether oxygens (including phenoxy) is 6. The minimum atomic E-state index is -1.72. The summed E-state index contributed by atoms with van der Waals surface area (Å²) in [5.41, 5.74) is 0. The minimum absolute atomic E-state index is 0.0372. The molecule has 0 saturated carbocycles. The maximum atomic E-state index is 13.0. The first-order valence-electron chi connectivity index (χ1n) is 25.5. The molecule has 2 aliphatic rings. The molecule has 11 unspecified atom stereocenters. The van der Waals surface area contributed by atoms with Gasteiger partial charge in [0.2, 0.25) is 0 Å². The van der Waals surface area contributed by atoms with E-state index in [1.165, 1.54) is 25.7 Å². The summed E-state index contributed by atoms with van der Waals surface area (Å²) in [4.78, 5) is 13.0. The summed E-state index contributed by atoms with van der Waals surface area (Å²) >= 11 is 0. The van der Waals surface area contributed by atoms with Crippen molar-refractivity contribution in [2.75, 3.05) is 33.0 Å². The van der Waals surface area contributed by atoms with Gasteiger partial charge in [-0.05, 0) is 83.5 Å². The molecule has 7 N–H and O–H groups in total. The molecule has 0 bridgehead atoms. The van der Waals surface area contributed by atoms with E-state index in [1.807, 2.05) is 0 Å². The van der Waals surface area contributed by atoms with E-state index in [2.05, 4.69) is 86.8 Å². The molecule has 2 fully saturated rings. The molecule has 2 heterocycles. The molecule has 0 radical (unpaired) electrons. The molecule has 14 nitrogen and oxygen atoms in total. The fraction of sp³-hybridized carbons (Fsp3) is 0.755. The molecule has 0 spiro atoms. The number of rotatable bonds is 39. The maximum absolute atomic E-state index is 13.0. The molecule has 67 heavy (non-hydrogen) atoms. The Morgan fingerprint density at radius 1 is 0.507 bits per heavy atom. The molecular formula is C53H90O14. The van der Waals surface area contributed by atoms with Crippen molar-refractivity contribution in [2.24, 2.45) is 0 Å². The second-order valence-electron chi connectivity index (χ2n) is 17.6. The van der Waals surface area contributed by atoms with Gasteiger partial charge in [0.1, 0.15) is 54.9 Å². The van der Waals surface area contributed by atoms with Gasteiger partial charge in [0.15, 0.2) is 12.6 Å². The zero-order valence-corrected chi connectivity index (χ0v) is 40.9. The Morgan fingerprint density at radius 2 is 0.970 bits per heavy atom. The van der Waals surface area contributed by atoms with Crippen LogP contribution in [0.15, 0.2) is 72.9 Å². The summed E-state index contributed by atoms with van der Waals surface area (Å²) in [7, 11) is 0. The number of esters is 1. The summed E-state index contributed by atoms with van der Waals surface area (Å²) in [5, 5.41) is 72.1. The molecule has 0 aliphatic carbocycles. The summed E-state index contributed by atoms with van der Waals surface area (Å²) in [5.74, 6) is -0.398. The van der Waals surface area contributed by atoms with Gasteiger partial charge in [0.05, 0.1) is 26.4 Å². The number of carbonyl (C=O) groups excluding carboxylic acids is 1. The van der Waals surface area contributed by atoms with Crippen molar-refractivity contribution in [3.63, 3.8) is 0 Å². The Kier molecular flexibility index (Phi) is 36.3. The second-order valence-corrected chi connectivity index (χ2v) is 17.6. The van der Waals surface area contributed by atoms with Gasteiger partial charge < -0.3 is 64.2 Å². The average molecular weight is 951 g/mol. The van der Waals surface area contributed by atoms with E-state index in [0.29, 0.717) is 13.0 Å². The number of hydrogen-bond acceptors (Lipinski definition) is 14. The highest BCUT2D eigenvalue weighted by molar-refractivity contribution is 5.69. The maximum Gasteiger partial charge on any atom is 0.306 e. The molecule has 0 aromatic heterocycles. The van der Waals surface area contributed by atoms with Crippen molar-refractivity contribution in [3.05, 3.63) is 72.9 Å². The topological polar surface area (TPSA) is 214 Å². The Bertz CT molecular complexity index is 1380. The van der Waals surface area contributed by atoms with Crippen molar-refractivity contribution in [3.8, 4) is 0 Å². The lowest BCUT2D eigenvalue weighted by atomic mass is 9.98. The van der Waals surface area contributed by atoms with Gasteiger partial charge in [0, 0.05) is 13.0 Å². The predicted octanol–water partition coefficient (Wildman–Crippen LogP) is 7.51. The van der Waals surface area contributed by atoms with Gasteiger partial charge in [-0.3, -0.25) is 4.79 Å². The summed E-state index contributed by atoms with van der Waals surface area (Å²) < 4.78 is 34.2. The van der Waals surface area contributed by atoms with E-state index < -0.39 is 86.7 Å². The number of aliphatic hydroxyl groups is 7. The zero-order chi connectivity index (χ0) is 48.7. The van der Waals surface area contributed by atoms with Gasteiger partial charge in [-0.15, -0.1) is 0 Å². The van der Waals surface area contributed by atoms with Crippen LogP contribution in [0.1, 0.15) is 155 Å². The molecule has 14 heteroatoms. The summed E-state index contributed by atoms with van der Waals surface area (Å²) in [6, 6.07) is 0. The van der Waals surface area contributed by atoms with Crippen LogP contribution in [0.5, 0.6) is 0 Å². The molecule has 2 saturated heterocycles. The van der Waals surface area contributed by atoms with Crippen molar-refractivity contribution < 1.29 is 69.0 Å². The SMILES string of the molecule is CC/C=C\C/C=C\C/C=C\C/C=C\C/C=C\CCCCCCOCC(COC1OC(COC2OC(CO)C(O)C(O)C2O)C(O)C(O)C1O)OC(=O)CCCCCCC/C=C\CCCCCC. The largest absolute Gasteiger partial charge is 0.457 e. The molecule has 2 rings (SSSR count). The minimum Gasteiger partial charge on any atom is -0.457 e. The third kappa shape index (κ3) is 28.0. The molecule has 386 valence electrons. The Labute approximate surface area is 402 Å². The van der Waals surface area contributed by atoms with Crippen LogP contribution in [0.25, 0.3) is 0 Å². The van der Waals surface area contributed by atoms with Gasteiger partial charge in [0.25, 0.3) is 0 Å². The lowest BCUT2D eigenvalue weighted by Crippen LogP contribution is -2.61. The van der Waals surface area contributed by atoms with Crippen LogP contribution in [-0.2, 0) is 33.2 Å². The van der Waals surface area contributed by atoms with Gasteiger partial charge in [-0.25, -0.2) is 0 Å². The van der Waals surface area contributed by atoms with Crippen molar-refractivity contribution in [2.45, 2.75) is 223 Å². The Morgan fingerprint density at radius 3 is 1.54 bits per heavy atom. The highest BCUT2D eigenvalue weighted by Crippen LogP contribution is 2.26. The monoisotopic (exact) mass is 951 g/mol. The summed E-state index contributed by atoms with van der Waals surface area (Å²) in [6.07, 6.45) is 32.5. The normalized spacial score (nSPS) is 26.7. The van der Waals surface area contributed by atoms with Crippen LogP contribution in [0.4, 0.5) is 0 Å². The first-order chi connectivity index (χ1) is 32.6. The van der Waals surface area contributed by atoms with E-state index >= 15 is 0 Å². The molecule has 11 atom stereocenters. The Balaban J connectivity index is 1.78. The predicted molar refractivity (Wildman–Crippen MR) is 261 cm³/mol. The van der Waals surface area contributed by atoms with Gasteiger partial charge in [-0.1, -0.05) is 138 Å². The first-order valence-corrected chi connectivity index (χ1v) is 25.5. The van der Waals surface area contributed by atoms with Crippen LogP contribution >= 0.6 is 0 Å². The quantitative estimate of drug-likeness (QED) is 0.0181. The van der Waals surface area contributed by atoms with E-state index in [4.69, 9.17) is 28.4 Å². The molecular weight excluding hydrogens is 861 g/mol. The number of carbonyl (C=O) groups is 1. The van der Waals surface area contributed by atoms with E-state index in [0.717, 1.165) is 103 Å². The van der Waals surface area contributed by atoms with Crippen molar-refractivity contribution in [1.82, 2.24) is 0 Å². The average Bonchev–Trinajstić information content (AvgIpc) is 3.32. The van der Waals surface area contributed by atoms with Crippen LogP contribution in [0, 0.1) is 0 Å². The van der Waals surface area contributed by atoms with Gasteiger partial charge >= 0.3 is 5.97 Å². The Hall–Kier alpha value is -2.57. The van der Waals surface area contributed by atoms with Crippen LogP contribution < -0.4 is 0 Å². The van der Waals surface area contributed by atoms with Crippen LogP contribution in [0.2, 0.25) is 0 Å². The first kappa shape index (κ1) is 60.6. The molecule has 2 aliphatic heterocycles. The van der Waals surface area contributed by atoms with Gasteiger partial charge in [-0.2, -0.15) is 0 Å². The van der Waals surface area contributed by atoms with Crippen molar-refractivity contribution in [1.29, 1.82) is 0 Å². The zero-order valence-electron chi connectivity index (χ0n) is 40.9. The summed E-state index contributed by atoms with van der Waals surface area (Å²) in [6.45, 7) is 3.46. The smallest absolute Gasteiger partial charge is 0.306 e. The number of unbranched alkanes of at least 4 members (excludes halogenated alkanes) is 13. The molecule has 0 aromatic rings. The van der Waals surface area contributed by atoms with E-state index in [9.17, 15) is 40.5 Å².